The van der Waals surface area contributed by atoms with Gasteiger partial charge in [0.05, 0.1) is 9.85 Å². The van der Waals surface area contributed by atoms with Crippen molar-refractivity contribution in [2.45, 2.75) is 0 Å². The first-order valence-corrected chi connectivity index (χ1v) is 7.22. The lowest BCUT2D eigenvalue weighted by atomic mass is 9.99. The van der Waals surface area contributed by atoms with E-state index in [1.807, 2.05) is 48.5 Å². The van der Waals surface area contributed by atoms with Crippen LogP contribution < -0.4 is 0 Å². The Morgan fingerprint density at radius 3 is 1.25 bits per heavy atom. The summed E-state index contributed by atoms with van der Waals surface area (Å²) in [4.78, 5) is 20.8. The third-order valence-electron chi connectivity index (χ3n) is 4.15. The largest absolute Gasteiger partial charge is 0.346 e. The van der Waals surface area contributed by atoms with Crippen molar-refractivity contribution in [1.82, 2.24) is 0 Å². The number of fused-ring (bicyclic) bond motifs is 3. The monoisotopic (exact) mass is 318 g/mol. The fourth-order valence-corrected chi connectivity index (χ4v) is 3.01. The van der Waals surface area contributed by atoms with Gasteiger partial charge in [0.25, 0.3) is 0 Å². The van der Waals surface area contributed by atoms with Crippen molar-refractivity contribution in [3.63, 3.8) is 0 Å². The summed E-state index contributed by atoms with van der Waals surface area (Å²) in [6, 6.07) is 18.1. The maximum absolute atomic E-state index is 11.1. The van der Waals surface area contributed by atoms with E-state index in [2.05, 4.69) is 0 Å². The van der Waals surface area contributed by atoms with Gasteiger partial charge in [0.2, 0.25) is 0 Å². The van der Waals surface area contributed by atoms with Crippen molar-refractivity contribution in [1.29, 1.82) is 0 Å². The van der Waals surface area contributed by atoms with E-state index in [1.54, 1.807) is 0 Å². The predicted molar refractivity (Wildman–Crippen MR) is 92.3 cm³/mol. The highest BCUT2D eigenvalue weighted by Gasteiger charge is 2.24. The molecule has 0 N–H and O–H groups in total. The van der Waals surface area contributed by atoms with Crippen molar-refractivity contribution in [2.75, 3.05) is 0 Å². The van der Waals surface area contributed by atoms with Gasteiger partial charge in [-0.1, -0.05) is 24.3 Å². The van der Waals surface area contributed by atoms with Crippen LogP contribution in [0.5, 0.6) is 0 Å². The predicted octanol–water partition coefficient (Wildman–Crippen LogP) is 4.96. The summed E-state index contributed by atoms with van der Waals surface area (Å²) in [5, 5.41) is 27.4. The van der Waals surface area contributed by atoms with Crippen molar-refractivity contribution in [3.05, 3.63) is 80.9 Å². The third kappa shape index (κ3) is 2.13. The second kappa shape index (κ2) is 4.99. The lowest BCUT2D eigenvalue weighted by Gasteiger charge is -2.05. The SMILES string of the molecule is O=[N+]([O-])c1cc2cc3cc4ccccc4cc3cc2cc1[N+](=O)[O-]. The molecule has 116 valence electrons. The van der Waals surface area contributed by atoms with E-state index in [0.29, 0.717) is 10.8 Å². The summed E-state index contributed by atoms with van der Waals surface area (Å²) in [7, 11) is 0. The van der Waals surface area contributed by atoms with Crippen LogP contribution in [0, 0.1) is 20.2 Å². The van der Waals surface area contributed by atoms with E-state index >= 15 is 0 Å². The van der Waals surface area contributed by atoms with E-state index < -0.39 is 21.2 Å². The minimum Gasteiger partial charge on any atom is -0.258 e. The molecule has 0 unspecified atom stereocenters. The van der Waals surface area contributed by atoms with Crippen LogP contribution in [0.1, 0.15) is 0 Å². The third-order valence-corrected chi connectivity index (χ3v) is 4.15. The Morgan fingerprint density at radius 2 is 0.875 bits per heavy atom. The Hall–Kier alpha value is -3.54. The van der Waals surface area contributed by atoms with Gasteiger partial charge in [-0.2, -0.15) is 0 Å². The van der Waals surface area contributed by atoms with Gasteiger partial charge in [0.15, 0.2) is 0 Å². The molecule has 0 radical (unpaired) electrons. The highest BCUT2D eigenvalue weighted by molar-refractivity contribution is 6.05. The first kappa shape index (κ1) is 14.1. The zero-order valence-electron chi connectivity index (χ0n) is 12.3. The number of benzene rings is 4. The zero-order chi connectivity index (χ0) is 16.8. The van der Waals surface area contributed by atoms with Crippen molar-refractivity contribution in [2.24, 2.45) is 0 Å². The molecule has 0 heterocycles. The Labute approximate surface area is 135 Å². The van der Waals surface area contributed by atoms with Crippen LogP contribution in [0.2, 0.25) is 0 Å². The molecule has 0 bridgehead atoms. The lowest BCUT2D eigenvalue weighted by molar-refractivity contribution is -0.422. The van der Waals surface area contributed by atoms with Gasteiger partial charge in [-0.15, -0.1) is 0 Å². The molecule has 0 aliphatic rings. The van der Waals surface area contributed by atoms with Gasteiger partial charge < -0.3 is 0 Å². The second-order valence-corrected chi connectivity index (χ2v) is 5.60. The van der Waals surface area contributed by atoms with Crippen molar-refractivity contribution >= 4 is 43.7 Å². The minimum absolute atomic E-state index is 0.493. The Morgan fingerprint density at radius 1 is 0.542 bits per heavy atom. The molecule has 24 heavy (non-hydrogen) atoms. The van der Waals surface area contributed by atoms with E-state index in [4.69, 9.17) is 0 Å². The molecular weight excluding hydrogens is 308 g/mol. The molecule has 0 saturated carbocycles. The normalized spacial score (nSPS) is 11.2. The molecular formula is C18H10N2O4. The molecule has 0 aromatic heterocycles. The van der Waals surface area contributed by atoms with Crippen molar-refractivity contribution < 1.29 is 9.85 Å². The van der Waals surface area contributed by atoms with Crippen LogP contribution in [0.3, 0.4) is 0 Å². The van der Waals surface area contributed by atoms with Gasteiger partial charge in [0, 0.05) is 12.1 Å². The maximum atomic E-state index is 11.1. The standard InChI is InChI=1S/C18H10N2O4/c21-19(22)17-9-15-7-13-5-11-3-1-2-4-12(11)6-14(13)8-16(15)10-18(17)20(23)24/h1-10H. The molecule has 0 saturated heterocycles. The number of nitrogens with zero attached hydrogens (tertiary/aromatic N) is 2. The van der Waals surface area contributed by atoms with Gasteiger partial charge in [0.1, 0.15) is 0 Å². The molecule has 6 nitrogen and oxygen atoms in total. The average molecular weight is 318 g/mol. The average Bonchev–Trinajstić information content (AvgIpc) is 2.56. The fraction of sp³-hybridized carbons (Fsp3) is 0. The van der Waals surface area contributed by atoms with Gasteiger partial charge >= 0.3 is 11.4 Å². The van der Waals surface area contributed by atoms with Gasteiger partial charge in [-0.25, -0.2) is 0 Å². The molecule has 0 aliphatic heterocycles. The number of nitro groups is 2. The maximum Gasteiger partial charge on any atom is 0.346 e. The quantitative estimate of drug-likeness (QED) is 0.297. The molecule has 0 amide bonds. The van der Waals surface area contributed by atoms with Gasteiger partial charge in [-0.05, 0) is 56.6 Å². The molecule has 4 aromatic carbocycles. The van der Waals surface area contributed by atoms with E-state index in [-0.39, 0.29) is 0 Å². The first-order chi connectivity index (χ1) is 11.5. The molecule has 0 atom stereocenters. The van der Waals surface area contributed by atoms with Crippen LogP contribution in [-0.2, 0) is 0 Å². The summed E-state index contributed by atoms with van der Waals surface area (Å²) < 4.78 is 0. The summed E-state index contributed by atoms with van der Waals surface area (Å²) in [5.74, 6) is 0. The van der Waals surface area contributed by atoms with Crippen LogP contribution in [0.15, 0.2) is 60.7 Å². The highest BCUT2D eigenvalue weighted by atomic mass is 16.6. The molecule has 0 fully saturated rings. The van der Waals surface area contributed by atoms with Crippen LogP contribution in [0.25, 0.3) is 32.3 Å². The van der Waals surface area contributed by atoms with Crippen LogP contribution in [-0.4, -0.2) is 9.85 Å². The summed E-state index contributed by atoms with van der Waals surface area (Å²) >= 11 is 0. The molecule has 6 heteroatoms. The molecule has 0 spiro atoms. The Kier molecular flexibility index (Phi) is 2.93. The number of rotatable bonds is 2. The number of hydrogen-bond donors (Lipinski definition) is 0. The molecule has 4 aromatic rings. The summed E-state index contributed by atoms with van der Waals surface area (Å²) in [5.41, 5.74) is -0.986. The second-order valence-electron chi connectivity index (χ2n) is 5.60. The smallest absolute Gasteiger partial charge is 0.258 e. The Balaban J connectivity index is 2.09. The Bertz CT molecular complexity index is 1080. The lowest BCUT2D eigenvalue weighted by Crippen LogP contribution is -1.96. The highest BCUT2D eigenvalue weighted by Crippen LogP contribution is 2.34. The van der Waals surface area contributed by atoms with Crippen LogP contribution >= 0.6 is 0 Å². The summed E-state index contributed by atoms with van der Waals surface area (Å²) in [6.07, 6.45) is 0. The van der Waals surface area contributed by atoms with Crippen molar-refractivity contribution in [3.8, 4) is 0 Å². The van der Waals surface area contributed by atoms with Gasteiger partial charge in [-0.3, -0.25) is 20.2 Å². The summed E-state index contributed by atoms with van der Waals surface area (Å²) in [6.45, 7) is 0. The van der Waals surface area contributed by atoms with E-state index in [1.165, 1.54) is 12.1 Å². The topological polar surface area (TPSA) is 86.3 Å². The van der Waals surface area contributed by atoms with Crippen LogP contribution in [0.4, 0.5) is 11.4 Å². The first-order valence-electron chi connectivity index (χ1n) is 7.22. The number of hydrogen-bond acceptors (Lipinski definition) is 4. The molecule has 0 aliphatic carbocycles. The molecule has 4 rings (SSSR count). The van der Waals surface area contributed by atoms with E-state index in [0.717, 1.165) is 21.5 Å². The van der Waals surface area contributed by atoms with E-state index in [9.17, 15) is 20.2 Å². The fourth-order valence-electron chi connectivity index (χ4n) is 3.01. The zero-order valence-corrected chi connectivity index (χ0v) is 12.3. The minimum atomic E-state index is -0.720. The number of nitro benzene ring substituents is 2.